The van der Waals surface area contributed by atoms with Gasteiger partial charge in [0.2, 0.25) is 0 Å². The molecule has 0 radical (unpaired) electrons. The van der Waals surface area contributed by atoms with Crippen molar-refractivity contribution in [1.29, 1.82) is 0 Å². The van der Waals surface area contributed by atoms with Crippen molar-refractivity contribution in [3.63, 3.8) is 0 Å². The van der Waals surface area contributed by atoms with Crippen LogP contribution in [0, 0.1) is 12.3 Å². The Balaban J connectivity index is 2.06. The van der Waals surface area contributed by atoms with Gasteiger partial charge in [0.25, 0.3) is 5.91 Å². The molecule has 0 aliphatic carbocycles. The molecule has 0 bridgehead atoms. The SMILES string of the molecule is Cc1ccc2c(Cl)c(C(=O)NCCC(O)C(C)(C)C)sc2c1. The number of benzene rings is 1. The summed E-state index contributed by atoms with van der Waals surface area (Å²) in [7, 11) is 0. The van der Waals surface area contributed by atoms with Gasteiger partial charge in [-0.2, -0.15) is 0 Å². The van der Waals surface area contributed by atoms with Gasteiger partial charge in [0.05, 0.1) is 11.1 Å². The van der Waals surface area contributed by atoms with E-state index in [2.05, 4.69) is 5.32 Å². The van der Waals surface area contributed by atoms with Gasteiger partial charge in [-0.3, -0.25) is 4.79 Å². The molecule has 2 rings (SSSR count). The second-order valence-corrected chi connectivity index (χ2v) is 8.10. The van der Waals surface area contributed by atoms with Gasteiger partial charge in [0, 0.05) is 16.6 Å². The molecule has 2 aromatic rings. The first kappa shape index (κ1) is 17.3. The van der Waals surface area contributed by atoms with Crippen molar-refractivity contribution >= 4 is 38.9 Å². The zero-order valence-electron chi connectivity index (χ0n) is 13.4. The van der Waals surface area contributed by atoms with Crippen LogP contribution in [0.25, 0.3) is 10.1 Å². The van der Waals surface area contributed by atoms with Gasteiger partial charge >= 0.3 is 0 Å². The third-order valence-corrected chi connectivity index (χ3v) is 5.35. The molecule has 0 fully saturated rings. The van der Waals surface area contributed by atoms with Crippen LogP contribution in [-0.2, 0) is 0 Å². The molecule has 5 heteroatoms. The Morgan fingerprint density at radius 2 is 2.09 bits per heavy atom. The lowest BCUT2D eigenvalue weighted by molar-refractivity contribution is 0.0551. The third-order valence-electron chi connectivity index (χ3n) is 3.69. The van der Waals surface area contributed by atoms with Crippen LogP contribution in [0.2, 0.25) is 5.02 Å². The second kappa shape index (κ2) is 6.57. The molecule has 1 aromatic carbocycles. The smallest absolute Gasteiger partial charge is 0.262 e. The molecule has 1 heterocycles. The van der Waals surface area contributed by atoms with Gasteiger partial charge in [0.1, 0.15) is 4.88 Å². The van der Waals surface area contributed by atoms with Crippen molar-refractivity contribution in [3.8, 4) is 0 Å². The highest BCUT2D eigenvalue weighted by Crippen LogP contribution is 2.35. The molecule has 0 saturated heterocycles. The Morgan fingerprint density at radius 1 is 1.41 bits per heavy atom. The molecule has 0 aliphatic rings. The lowest BCUT2D eigenvalue weighted by Crippen LogP contribution is -2.32. The molecular formula is C17H22ClNO2S. The monoisotopic (exact) mass is 339 g/mol. The van der Waals surface area contributed by atoms with Crippen molar-refractivity contribution in [1.82, 2.24) is 5.32 Å². The van der Waals surface area contributed by atoms with Crippen molar-refractivity contribution in [2.24, 2.45) is 5.41 Å². The van der Waals surface area contributed by atoms with Gasteiger partial charge in [-0.15, -0.1) is 11.3 Å². The van der Waals surface area contributed by atoms with Gasteiger partial charge in [-0.1, -0.05) is 44.5 Å². The van der Waals surface area contributed by atoms with Crippen molar-refractivity contribution in [2.45, 2.75) is 40.2 Å². The molecule has 1 atom stereocenters. The Hall–Kier alpha value is -1.10. The number of aliphatic hydroxyl groups is 1. The molecule has 3 nitrogen and oxygen atoms in total. The van der Waals surface area contributed by atoms with Crippen LogP contribution >= 0.6 is 22.9 Å². The van der Waals surface area contributed by atoms with Crippen LogP contribution in [0.3, 0.4) is 0 Å². The highest BCUT2D eigenvalue weighted by atomic mass is 35.5. The van der Waals surface area contributed by atoms with Crippen molar-refractivity contribution in [3.05, 3.63) is 33.7 Å². The molecule has 22 heavy (non-hydrogen) atoms. The molecule has 2 N–H and O–H groups in total. The summed E-state index contributed by atoms with van der Waals surface area (Å²) in [6.45, 7) is 8.38. The fraction of sp³-hybridized carbons (Fsp3) is 0.471. The summed E-state index contributed by atoms with van der Waals surface area (Å²) in [6, 6.07) is 5.97. The summed E-state index contributed by atoms with van der Waals surface area (Å²) in [5, 5.41) is 14.3. The van der Waals surface area contributed by atoms with Gasteiger partial charge < -0.3 is 10.4 Å². The predicted molar refractivity (Wildman–Crippen MR) is 94.0 cm³/mol. The standard InChI is InChI=1S/C17H22ClNO2S/c1-10-5-6-11-12(9-10)22-15(14(11)18)16(21)19-8-7-13(20)17(2,3)4/h5-6,9,13,20H,7-8H2,1-4H3,(H,19,21). The molecule has 1 aromatic heterocycles. The number of nitrogens with one attached hydrogen (secondary N) is 1. The van der Waals surface area contributed by atoms with Crippen LogP contribution in [0.1, 0.15) is 42.4 Å². The summed E-state index contributed by atoms with van der Waals surface area (Å²) in [5.41, 5.74) is 0.961. The van der Waals surface area contributed by atoms with E-state index in [4.69, 9.17) is 11.6 Å². The molecule has 0 aliphatic heterocycles. The summed E-state index contributed by atoms with van der Waals surface area (Å²) in [6.07, 6.45) is 0.0740. The number of hydrogen-bond acceptors (Lipinski definition) is 3. The average molecular weight is 340 g/mol. The van der Waals surface area contributed by atoms with E-state index in [9.17, 15) is 9.90 Å². The Kier molecular flexibility index (Phi) is 5.15. The summed E-state index contributed by atoms with van der Waals surface area (Å²) in [5.74, 6) is -0.176. The quantitative estimate of drug-likeness (QED) is 0.867. The van der Waals surface area contributed by atoms with E-state index in [1.165, 1.54) is 11.3 Å². The van der Waals surface area contributed by atoms with E-state index in [1.807, 2.05) is 45.9 Å². The van der Waals surface area contributed by atoms with E-state index >= 15 is 0 Å². The Bertz CT molecular complexity index is 688. The Morgan fingerprint density at radius 3 is 2.73 bits per heavy atom. The predicted octanol–water partition coefficient (Wildman–Crippen LogP) is 4.39. The molecule has 120 valence electrons. The van der Waals surface area contributed by atoms with Crippen LogP contribution in [0.5, 0.6) is 0 Å². The topological polar surface area (TPSA) is 49.3 Å². The zero-order chi connectivity index (χ0) is 16.5. The van der Waals surface area contributed by atoms with E-state index in [0.717, 1.165) is 15.6 Å². The van der Waals surface area contributed by atoms with Gasteiger partial charge in [-0.05, 0) is 30.4 Å². The number of amides is 1. The maximum atomic E-state index is 12.3. The van der Waals surface area contributed by atoms with Crippen molar-refractivity contribution in [2.75, 3.05) is 6.54 Å². The Labute approximate surface area is 140 Å². The van der Waals surface area contributed by atoms with E-state index in [-0.39, 0.29) is 11.3 Å². The number of rotatable bonds is 4. The third kappa shape index (κ3) is 3.80. The normalized spacial score (nSPS) is 13.4. The van der Waals surface area contributed by atoms with Gasteiger partial charge in [0.15, 0.2) is 0 Å². The second-order valence-electron chi connectivity index (χ2n) is 6.67. The highest BCUT2D eigenvalue weighted by molar-refractivity contribution is 7.21. The minimum absolute atomic E-state index is 0.176. The van der Waals surface area contributed by atoms with Crippen molar-refractivity contribution < 1.29 is 9.90 Å². The summed E-state index contributed by atoms with van der Waals surface area (Å²) in [4.78, 5) is 12.8. The summed E-state index contributed by atoms with van der Waals surface area (Å²) < 4.78 is 1.02. The van der Waals surface area contributed by atoms with Crippen LogP contribution < -0.4 is 5.32 Å². The first-order valence-corrected chi connectivity index (χ1v) is 8.54. The minimum Gasteiger partial charge on any atom is -0.393 e. The number of aryl methyl sites for hydroxylation is 1. The molecule has 0 spiro atoms. The largest absolute Gasteiger partial charge is 0.393 e. The number of aliphatic hydroxyl groups excluding tert-OH is 1. The lowest BCUT2D eigenvalue weighted by atomic mass is 9.87. The molecule has 1 amide bonds. The number of halogens is 1. The first-order valence-electron chi connectivity index (χ1n) is 7.35. The van der Waals surface area contributed by atoms with Crippen LogP contribution in [0.4, 0.5) is 0 Å². The maximum Gasteiger partial charge on any atom is 0.262 e. The summed E-state index contributed by atoms with van der Waals surface area (Å²) >= 11 is 7.72. The fourth-order valence-corrected chi connectivity index (χ4v) is 3.69. The van der Waals surface area contributed by atoms with Crippen LogP contribution in [-0.4, -0.2) is 23.7 Å². The highest BCUT2D eigenvalue weighted by Gasteiger charge is 2.22. The number of thiophene rings is 1. The molecule has 1 unspecified atom stereocenters. The van der Waals surface area contributed by atoms with Gasteiger partial charge in [-0.25, -0.2) is 0 Å². The lowest BCUT2D eigenvalue weighted by Gasteiger charge is -2.25. The molecular weight excluding hydrogens is 318 g/mol. The maximum absolute atomic E-state index is 12.3. The molecule has 0 saturated carbocycles. The van der Waals surface area contributed by atoms with E-state index in [0.29, 0.717) is 22.9 Å². The zero-order valence-corrected chi connectivity index (χ0v) is 14.9. The fourth-order valence-electron chi connectivity index (χ4n) is 2.15. The average Bonchev–Trinajstić information content (AvgIpc) is 2.74. The number of fused-ring (bicyclic) bond motifs is 1. The number of carbonyl (C=O) groups is 1. The number of carbonyl (C=O) groups excluding carboxylic acids is 1. The number of hydrogen-bond donors (Lipinski definition) is 2. The minimum atomic E-state index is -0.451. The van der Waals surface area contributed by atoms with Crippen LogP contribution in [0.15, 0.2) is 18.2 Å². The van der Waals surface area contributed by atoms with E-state index < -0.39 is 6.10 Å². The first-order chi connectivity index (χ1) is 10.2. The van der Waals surface area contributed by atoms with E-state index in [1.54, 1.807) is 0 Å².